The minimum Gasteiger partial charge on any atom is -0.497 e. The van der Waals surface area contributed by atoms with Crippen molar-refractivity contribution < 1.29 is 19.1 Å². The van der Waals surface area contributed by atoms with Crippen molar-refractivity contribution in [3.8, 4) is 5.75 Å². The highest BCUT2D eigenvalue weighted by atomic mass is 16.6. The first kappa shape index (κ1) is 26.2. The monoisotopic (exact) mass is 522 g/mol. The molecule has 1 spiro atoms. The molecule has 0 saturated carbocycles. The van der Waals surface area contributed by atoms with Gasteiger partial charge in [-0.3, -0.25) is 15.8 Å². The van der Waals surface area contributed by atoms with Crippen LogP contribution in [0, 0.1) is 0 Å². The highest BCUT2D eigenvalue weighted by molar-refractivity contribution is 5.94. The van der Waals surface area contributed by atoms with Gasteiger partial charge in [-0.1, -0.05) is 18.2 Å². The molecule has 2 N–H and O–H groups in total. The standard InChI is InChI=1S/C28H38N6O4/c1-27(2,3)38-26(36)32-12-10-28(11-13-32)19-33(24-9-8-21(15-29-24)22-16-30-31-17-22)25(35)34(28)18-20-6-5-7-23(14-20)37-4/h5-9,14-15,22,30-31H,10-13,16-19H2,1-4H3. The van der Waals surface area contributed by atoms with Crippen LogP contribution in [0.15, 0.2) is 42.6 Å². The van der Waals surface area contributed by atoms with E-state index >= 15 is 0 Å². The Labute approximate surface area is 224 Å². The van der Waals surface area contributed by atoms with Crippen LogP contribution in [0.5, 0.6) is 5.75 Å². The van der Waals surface area contributed by atoms with Crippen molar-refractivity contribution in [1.29, 1.82) is 0 Å². The molecule has 3 fully saturated rings. The topological polar surface area (TPSA) is 99.3 Å². The molecule has 10 nitrogen and oxygen atoms in total. The van der Waals surface area contributed by atoms with Gasteiger partial charge >= 0.3 is 12.1 Å². The molecule has 3 aliphatic heterocycles. The molecule has 38 heavy (non-hydrogen) atoms. The first-order valence-corrected chi connectivity index (χ1v) is 13.3. The lowest BCUT2D eigenvalue weighted by molar-refractivity contribution is 0.00785. The lowest BCUT2D eigenvalue weighted by Gasteiger charge is -2.43. The number of nitrogens with zero attached hydrogens (tertiary/aromatic N) is 4. The van der Waals surface area contributed by atoms with Gasteiger partial charge in [0, 0.05) is 44.8 Å². The minimum absolute atomic E-state index is 0.0667. The Morgan fingerprint density at radius 2 is 1.87 bits per heavy atom. The Morgan fingerprint density at radius 3 is 2.50 bits per heavy atom. The largest absolute Gasteiger partial charge is 0.497 e. The molecule has 3 saturated heterocycles. The molecule has 5 rings (SSSR count). The Balaban J connectivity index is 1.38. The van der Waals surface area contributed by atoms with E-state index in [9.17, 15) is 9.59 Å². The van der Waals surface area contributed by atoms with Crippen LogP contribution in [-0.2, 0) is 11.3 Å². The minimum atomic E-state index is -0.548. The average molecular weight is 523 g/mol. The molecule has 1 aromatic heterocycles. The van der Waals surface area contributed by atoms with E-state index in [1.165, 1.54) is 0 Å². The molecule has 2 aromatic rings. The van der Waals surface area contributed by atoms with Gasteiger partial charge in [-0.2, -0.15) is 0 Å². The SMILES string of the molecule is COc1cccc(CN2C(=O)N(c3ccc(C4CNNC4)cn3)CC23CCN(C(=O)OC(C)(C)C)CC3)c1. The average Bonchev–Trinajstić information content (AvgIpc) is 3.52. The van der Waals surface area contributed by atoms with Crippen LogP contribution < -0.4 is 20.5 Å². The van der Waals surface area contributed by atoms with Crippen LogP contribution >= 0.6 is 0 Å². The van der Waals surface area contributed by atoms with Crippen molar-refractivity contribution in [2.75, 3.05) is 44.7 Å². The van der Waals surface area contributed by atoms with Gasteiger partial charge in [-0.15, -0.1) is 0 Å². The highest BCUT2D eigenvalue weighted by Crippen LogP contribution is 2.39. The van der Waals surface area contributed by atoms with Gasteiger partial charge in [-0.05, 0) is 62.9 Å². The highest BCUT2D eigenvalue weighted by Gasteiger charge is 2.52. The van der Waals surface area contributed by atoms with E-state index in [0.717, 1.165) is 30.0 Å². The van der Waals surface area contributed by atoms with Crippen LogP contribution in [0.2, 0.25) is 0 Å². The molecule has 0 aliphatic carbocycles. The van der Waals surface area contributed by atoms with Crippen LogP contribution in [0.25, 0.3) is 0 Å². The maximum absolute atomic E-state index is 13.9. The molecule has 4 heterocycles. The molecular weight excluding hydrogens is 484 g/mol. The number of rotatable bonds is 5. The van der Waals surface area contributed by atoms with E-state index in [1.54, 1.807) is 16.9 Å². The molecule has 0 bridgehead atoms. The second-order valence-electron chi connectivity index (χ2n) is 11.4. The van der Waals surface area contributed by atoms with E-state index in [4.69, 9.17) is 14.5 Å². The summed E-state index contributed by atoms with van der Waals surface area (Å²) in [6.07, 6.45) is 2.90. The van der Waals surface area contributed by atoms with E-state index in [-0.39, 0.29) is 12.1 Å². The van der Waals surface area contributed by atoms with Gasteiger partial charge in [0.05, 0.1) is 19.2 Å². The molecule has 204 valence electrons. The van der Waals surface area contributed by atoms with E-state index < -0.39 is 11.1 Å². The summed E-state index contributed by atoms with van der Waals surface area (Å²) in [6, 6.07) is 11.8. The number of methoxy groups -OCH3 is 1. The molecule has 0 radical (unpaired) electrons. The van der Waals surface area contributed by atoms with E-state index in [0.29, 0.717) is 50.8 Å². The molecule has 0 atom stereocenters. The van der Waals surface area contributed by atoms with Crippen molar-refractivity contribution in [2.45, 2.75) is 57.2 Å². The van der Waals surface area contributed by atoms with Crippen molar-refractivity contribution in [2.24, 2.45) is 0 Å². The number of aromatic nitrogens is 1. The third-order valence-electron chi connectivity index (χ3n) is 7.65. The van der Waals surface area contributed by atoms with E-state index in [2.05, 4.69) is 16.9 Å². The van der Waals surface area contributed by atoms with Crippen LogP contribution in [0.1, 0.15) is 50.7 Å². The number of urea groups is 1. The van der Waals surface area contributed by atoms with Crippen molar-refractivity contribution in [3.05, 3.63) is 53.7 Å². The maximum atomic E-state index is 13.9. The van der Waals surface area contributed by atoms with Gasteiger partial charge in [0.1, 0.15) is 17.2 Å². The summed E-state index contributed by atoms with van der Waals surface area (Å²) in [6.45, 7) is 9.36. The zero-order chi connectivity index (χ0) is 26.9. The number of ether oxygens (including phenoxy) is 2. The summed E-state index contributed by atoms with van der Waals surface area (Å²) >= 11 is 0. The van der Waals surface area contributed by atoms with Crippen LogP contribution in [0.3, 0.4) is 0 Å². The van der Waals surface area contributed by atoms with Crippen LogP contribution in [-0.4, -0.2) is 77.9 Å². The number of pyridine rings is 1. The zero-order valence-electron chi connectivity index (χ0n) is 22.7. The number of anilines is 1. The summed E-state index contributed by atoms with van der Waals surface area (Å²) in [4.78, 5) is 36.9. The summed E-state index contributed by atoms with van der Waals surface area (Å²) in [7, 11) is 1.64. The third-order valence-corrected chi connectivity index (χ3v) is 7.65. The number of carbonyl (C=O) groups is 2. The molecule has 3 aliphatic rings. The number of hydrogen-bond acceptors (Lipinski definition) is 7. The molecule has 10 heteroatoms. The molecule has 0 unspecified atom stereocenters. The quantitative estimate of drug-likeness (QED) is 0.620. The number of likely N-dealkylation sites (tertiary alicyclic amines) is 1. The predicted octanol–water partition coefficient (Wildman–Crippen LogP) is 3.49. The fourth-order valence-electron chi connectivity index (χ4n) is 5.52. The maximum Gasteiger partial charge on any atom is 0.410 e. The Kier molecular flexibility index (Phi) is 7.19. The van der Waals surface area contributed by atoms with Crippen molar-refractivity contribution in [3.63, 3.8) is 0 Å². The number of amides is 3. The Hall–Kier alpha value is -3.37. The van der Waals surface area contributed by atoms with Gasteiger partial charge in [-0.25, -0.2) is 14.6 Å². The summed E-state index contributed by atoms with van der Waals surface area (Å²) in [5.74, 6) is 1.77. The fourth-order valence-corrected chi connectivity index (χ4v) is 5.52. The number of piperidine rings is 1. The van der Waals surface area contributed by atoms with Gasteiger partial charge < -0.3 is 19.3 Å². The van der Waals surface area contributed by atoms with Gasteiger partial charge in [0.15, 0.2) is 0 Å². The fraction of sp³-hybridized carbons (Fsp3) is 0.536. The lowest BCUT2D eigenvalue weighted by Crippen LogP contribution is -2.55. The normalized spacial score (nSPS) is 19.9. The number of benzene rings is 1. The summed E-state index contributed by atoms with van der Waals surface area (Å²) in [5, 5.41) is 0. The molecule has 1 aromatic carbocycles. The Morgan fingerprint density at radius 1 is 1.13 bits per heavy atom. The van der Waals surface area contributed by atoms with Crippen molar-refractivity contribution in [1.82, 2.24) is 25.6 Å². The smallest absolute Gasteiger partial charge is 0.410 e. The van der Waals surface area contributed by atoms with Crippen molar-refractivity contribution >= 4 is 17.9 Å². The lowest BCUT2D eigenvalue weighted by atomic mass is 9.86. The van der Waals surface area contributed by atoms with E-state index in [1.807, 2.05) is 62.2 Å². The second kappa shape index (κ2) is 10.4. The Bertz CT molecular complexity index is 1150. The number of carbonyl (C=O) groups excluding carboxylic acids is 2. The molecular formula is C28H38N6O4. The van der Waals surface area contributed by atoms with Gasteiger partial charge in [0.25, 0.3) is 0 Å². The summed E-state index contributed by atoms with van der Waals surface area (Å²) < 4.78 is 11.0. The number of hydrazine groups is 1. The predicted molar refractivity (Wildman–Crippen MR) is 144 cm³/mol. The summed E-state index contributed by atoms with van der Waals surface area (Å²) in [5.41, 5.74) is 7.48. The number of nitrogens with one attached hydrogen (secondary N) is 2. The van der Waals surface area contributed by atoms with Crippen LogP contribution in [0.4, 0.5) is 15.4 Å². The van der Waals surface area contributed by atoms with Gasteiger partial charge in [0.2, 0.25) is 0 Å². The second-order valence-corrected chi connectivity index (χ2v) is 11.4. The first-order chi connectivity index (χ1) is 18.2. The zero-order valence-corrected chi connectivity index (χ0v) is 22.7. The number of hydrogen-bond donors (Lipinski definition) is 2. The third kappa shape index (κ3) is 5.42. The first-order valence-electron chi connectivity index (χ1n) is 13.3. The molecule has 3 amide bonds.